The normalized spacial score (nSPS) is 18.8. The molecule has 0 radical (unpaired) electrons. The SMILES string of the molecule is CC[NH+]1CCC[C@H]1CNC(=O)c1nn(Cc2ccccc2)c(=O)c2ccccc12. The molecule has 2 heterocycles. The Balaban J connectivity index is 1.64. The van der Waals surface area contributed by atoms with Crippen molar-refractivity contribution >= 4 is 16.7 Å². The van der Waals surface area contributed by atoms with Crippen molar-refractivity contribution in [3.05, 3.63) is 76.2 Å². The lowest BCUT2D eigenvalue weighted by atomic mass is 10.1. The number of rotatable bonds is 6. The van der Waals surface area contributed by atoms with Crippen molar-refractivity contribution in [3.8, 4) is 0 Å². The molecular formula is C23H27N4O2+. The van der Waals surface area contributed by atoms with E-state index in [0.29, 0.717) is 35.6 Å². The van der Waals surface area contributed by atoms with E-state index < -0.39 is 0 Å². The number of nitrogens with one attached hydrogen (secondary N) is 2. The first-order valence-corrected chi connectivity index (χ1v) is 10.3. The highest BCUT2D eigenvalue weighted by Gasteiger charge is 2.28. The van der Waals surface area contributed by atoms with Crippen molar-refractivity contribution in [1.82, 2.24) is 15.1 Å². The molecule has 0 bridgehead atoms. The molecular weight excluding hydrogens is 364 g/mol. The number of hydrogen-bond acceptors (Lipinski definition) is 3. The van der Waals surface area contributed by atoms with Crippen LogP contribution in [0.25, 0.3) is 10.8 Å². The van der Waals surface area contributed by atoms with E-state index in [2.05, 4.69) is 17.3 Å². The van der Waals surface area contributed by atoms with Crippen LogP contribution in [-0.2, 0) is 6.54 Å². The van der Waals surface area contributed by atoms with Gasteiger partial charge in [-0.2, -0.15) is 5.10 Å². The summed E-state index contributed by atoms with van der Waals surface area (Å²) in [5.41, 5.74) is 1.10. The molecule has 1 fully saturated rings. The van der Waals surface area contributed by atoms with Crippen molar-refractivity contribution in [3.63, 3.8) is 0 Å². The van der Waals surface area contributed by atoms with E-state index in [1.807, 2.05) is 42.5 Å². The van der Waals surface area contributed by atoms with Crippen molar-refractivity contribution in [2.75, 3.05) is 19.6 Å². The van der Waals surface area contributed by atoms with Gasteiger partial charge in [0.1, 0.15) is 6.04 Å². The Morgan fingerprint density at radius 2 is 1.86 bits per heavy atom. The first kappa shape index (κ1) is 19.3. The van der Waals surface area contributed by atoms with Crippen LogP contribution in [0.1, 0.15) is 35.8 Å². The zero-order valence-electron chi connectivity index (χ0n) is 16.7. The monoisotopic (exact) mass is 391 g/mol. The van der Waals surface area contributed by atoms with E-state index in [1.54, 1.807) is 12.1 Å². The lowest BCUT2D eigenvalue weighted by Crippen LogP contribution is -3.14. The Morgan fingerprint density at radius 3 is 2.62 bits per heavy atom. The third-order valence-corrected chi connectivity index (χ3v) is 5.85. The minimum absolute atomic E-state index is 0.182. The van der Waals surface area contributed by atoms with Crippen molar-refractivity contribution in [2.24, 2.45) is 0 Å². The number of carbonyl (C=O) groups is 1. The second-order valence-electron chi connectivity index (χ2n) is 7.65. The summed E-state index contributed by atoms with van der Waals surface area (Å²) in [6, 6.07) is 17.4. The van der Waals surface area contributed by atoms with Crippen LogP contribution < -0.4 is 15.8 Å². The molecule has 1 aromatic heterocycles. The van der Waals surface area contributed by atoms with E-state index in [0.717, 1.165) is 18.5 Å². The predicted molar refractivity (Wildman–Crippen MR) is 113 cm³/mol. The highest BCUT2D eigenvalue weighted by Crippen LogP contribution is 2.14. The van der Waals surface area contributed by atoms with Crippen LogP contribution in [0.5, 0.6) is 0 Å². The second kappa shape index (κ2) is 8.57. The molecule has 2 atom stereocenters. The molecule has 1 amide bonds. The molecule has 1 unspecified atom stereocenters. The van der Waals surface area contributed by atoms with Gasteiger partial charge in [-0.25, -0.2) is 4.68 Å². The third-order valence-electron chi connectivity index (χ3n) is 5.85. The molecule has 2 N–H and O–H groups in total. The van der Waals surface area contributed by atoms with Gasteiger partial charge >= 0.3 is 0 Å². The molecule has 2 aromatic carbocycles. The van der Waals surface area contributed by atoms with Gasteiger partial charge in [-0.3, -0.25) is 9.59 Å². The number of amides is 1. The number of fused-ring (bicyclic) bond motifs is 1. The first-order chi connectivity index (χ1) is 14.2. The van der Waals surface area contributed by atoms with Gasteiger partial charge in [0, 0.05) is 18.2 Å². The number of carbonyl (C=O) groups excluding carboxylic acids is 1. The van der Waals surface area contributed by atoms with E-state index in [1.165, 1.54) is 22.5 Å². The fraction of sp³-hybridized carbons (Fsp3) is 0.348. The standard InChI is InChI=1S/C23H26N4O2/c1-2-26-14-8-11-18(26)15-24-22(28)21-19-12-6-7-13-20(19)23(29)27(25-21)16-17-9-4-3-5-10-17/h3-7,9-10,12-13,18H,2,8,11,14-16H2,1H3,(H,24,28)/p+1/t18-/m0/s1. The number of benzene rings is 2. The summed E-state index contributed by atoms with van der Waals surface area (Å²) in [5, 5.41) is 8.66. The molecule has 150 valence electrons. The van der Waals surface area contributed by atoms with Gasteiger partial charge in [0.25, 0.3) is 11.5 Å². The van der Waals surface area contributed by atoms with Gasteiger partial charge in [0.15, 0.2) is 5.69 Å². The van der Waals surface area contributed by atoms with Crippen LogP contribution in [0.15, 0.2) is 59.4 Å². The Kier molecular flexibility index (Phi) is 5.71. The summed E-state index contributed by atoms with van der Waals surface area (Å²) in [5.74, 6) is -0.217. The molecule has 6 nitrogen and oxygen atoms in total. The molecule has 4 rings (SSSR count). The molecule has 3 aromatic rings. The van der Waals surface area contributed by atoms with Gasteiger partial charge in [0.2, 0.25) is 0 Å². The number of likely N-dealkylation sites (N-methyl/N-ethyl adjacent to an activating group) is 1. The van der Waals surface area contributed by atoms with Gasteiger partial charge < -0.3 is 10.2 Å². The number of hydrogen-bond donors (Lipinski definition) is 2. The number of quaternary nitrogens is 1. The summed E-state index contributed by atoms with van der Waals surface area (Å²) < 4.78 is 1.39. The van der Waals surface area contributed by atoms with Crippen LogP contribution in [0.2, 0.25) is 0 Å². The fourth-order valence-electron chi connectivity index (χ4n) is 4.26. The smallest absolute Gasteiger partial charge is 0.274 e. The summed E-state index contributed by atoms with van der Waals surface area (Å²) >= 11 is 0. The molecule has 0 saturated carbocycles. The topological polar surface area (TPSA) is 68.4 Å². The number of likely N-dealkylation sites (tertiary alicyclic amines) is 1. The van der Waals surface area contributed by atoms with Crippen LogP contribution in [0.3, 0.4) is 0 Å². The quantitative estimate of drug-likeness (QED) is 0.664. The Hall–Kier alpha value is -2.99. The van der Waals surface area contributed by atoms with E-state index in [4.69, 9.17) is 0 Å². The lowest BCUT2D eigenvalue weighted by Gasteiger charge is -2.20. The number of aromatic nitrogens is 2. The van der Waals surface area contributed by atoms with Crippen molar-refractivity contribution in [2.45, 2.75) is 32.4 Å². The van der Waals surface area contributed by atoms with E-state index >= 15 is 0 Å². The first-order valence-electron chi connectivity index (χ1n) is 10.3. The summed E-state index contributed by atoms with van der Waals surface area (Å²) in [6.07, 6.45) is 2.33. The molecule has 6 heteroatoms. The van der Waals surface area contributed by atoms with Crippen LogP contribution in [0.4, 0.5) is 0 Å². The summed E-state index contributed by atoms with van der Waals surface area (Å²) in [7, 11) is 0. The fourth-order valence-corrected chi connectivity index (χ4v) is 4.26. The van der Waals surface area contributed by atoms with E-state index in [-0.39, 0.29) is 11.5 Å². The molecule has 1 saturated heterocycles. The maximum atomic E-state index is 13.0. The summed E-state index contributed by atoms with van der Waals surface area (Å²) in [6.45, 7) is 5.39. The lowest BCUT2D eigenvalue weighted by molar-refractivity contribution is -0.909. The zero-order valence-corrected chi connectivity index (χ0v) is 16.7. The predicted octanol–water partition coefficient (Wildman–Crippen LogP) is 1.24. The zero-order chi connectivity index (χ0) is 20.2. The van der Waals surface area contributed by atoms with E-state index in [9.17, 15) is 9.59 Å². The minimum atomic E-state index is -0.217. The molecule has 1 aliphatic heterocycles. The van der Waals surface area contributed by atoms with Crippen molar-refractivity contribution in [1.29, 1.82) is 0 Å². The minimum Gasteiger partial charge on any atom is -0.345 e. The van der Waals surface area contributed by atoms with Gasteiger partial charge in [-0.1, -0.05) is 48.5 Å². The van der Waals surface area contributed by atoms with Gasteiger partial charge in [0.05, 0.1) is 31.6 Å². The highest BCUT2D eigenvalue weighted by molar-refractivity contribution is 6.04. The van der Waals surface area contributed by atoms with Gasteiger partial charge in [-0.05, 0) is 18.6 Å². The maximum Gasteiger partial charge on any atom is 0.274 e. The largest absolute Gasteiger partial charge is 0.345 e. The molecule has 0 aliphatic carbocycles. The highest BCUT2D eigenvalue weighted by atomic mass is 16.2. The van der Waals surface area contributed by atoms with Crippen LogP contribution in [0, 0.1) is 0 Å². The average molecular weight is 391 g/mol. The Morgan fingerprint density at radius 1 is 1.14 bits per heavy atom. The van der Waals surface area contributed by atoms with Crippen molar-refractivity contribution < 1.29 is 9.69 Å². The van der Waals surface area contributed by atoms with Crippen LogP contribution in [-0.4, -0.2) is 41.4 Å². The Bertz CT molecular complexity index is 1060. The molecule has 29 heavy (non-hydrogen) atoms. The second-order valence-corrected chi connectivity index (χ2v) is 7.65. The molecule has 1 aliphatic rings. The summed E-state index contributed by atoms with van der Waals surface area (Å²) in [4.78, 5) is 27.5. The molecule has 0 spiro atoms. The van der Waals surface area contributed by atoms with Crippen LogP contribution >= 0.6 is 0 Å². The average Bonchev–Trinajstić information content (AvgIpc) is 3.22. The maximum absolute atomic E-state index is 13.0. The number of nitrogens with zero attached hydrogens (tertiary/aromatic N) is 2. The third kappa shape index (κ3) is 4.07. The Labute approximate surface area is 170 Å². The van der Waals surface area contributed by atoms with Gasteiger partial charge in [-0.15, -0.1) is 0 Å².